The Labute approximate surface area is 226 Å². The maximum Gasteiger partial charge on any atom is 0.306 e. The minimum Gasteiger partial charge on any atom is -0.481 e. The summed E-state index contributed by atoms with van der Waals surface area (Å²) < 4.78 is 0. The van der Waals surface area contributed by atoms with Crippen molar-refractivity contribution in [1.29, 1.82) is 0 Å². The van der Waals surface area contributed by atoms with Crippen LogP contribution in [0.5, 0.6) is 0 Å². The SMILES string of the molecule is CC(C)CCC[C@@H](C)[C@H]1CCC2C3CC=C4CC(C(CCCC(=O)O)C(=O)O)CC[C@]4(C)C3CC[C@@]21C. The molecule has 4 heteroatoms. The van der Waals surface area contributed by atoms with Crippen molar-refractivity contribution in [3.8, 4) is 0 Å². The molecule has 37 heavy (non-hydrogen) atoms. The zero-order chi connectivity index (χ0) is 27.0. The second kappa shape index (κ2) is 11.4. The van der Waals surface area contributed by atoms with Crippen molar-refractivity contribution in [2.24, 2.45) is 58.2 Å². The Balaban J connectivity index is 1.44. The van der Waals surface area contributed by atoms with E-state index in [2.05, 4.69) is 40.7 Å². The van der Waals surface area contributed by atoms with Crippen LogP contribution in [0.3, 0.4) is 0 Å². The molecule has 0 heterocycles. The number of carbonyl (C=O) groups is 2. The molecular formula is C33H54O4. The lowest BCUT2D eigenvalue weighted by Gasteiger charge is -2.59. The number of rotatable bonds is 11. The summed E-state index contributed by atoms with van der Waals surface area (Å²) in [6.07, 6.45) is 17.4. The highest BCUT2D eigenvalue weighted by Crippen LogP contribution is 2.67. The minimum absolute atomic E-state index is 0.0676. The number of allylic oxidation sites excluding steroid dienone is 2. The molecule has 2 N–H and O–H groups in total. The summed E-state index contributed by atoms with van der Waals surface area (Å²) in [6.45, 7) is 12.4. The van der Waals surface area contributed by atoms with Crippen LogP contribution in [0.2, 0.25) is 0 Å². The summed E-state index contributed by atoms with van der Waals surface area (Å²) in [5.41, 5.74) is 2.26. The molecule has 0 spiro atoms. The molecule has 0 amide bonds. The Morgan fingerprint density at radius 1 is 0.946 bits per heavy atom. The van der Waals surface area contributed by atoms with Gasteiger partial charge in [-0.2, -0.15) is 0 Å². The van der Waals surface area contributed by atoms with Crippen LogP contribution in [0.4, 0.5) is 0 Å². The van der Waals surface area contributed by atoms with Gasteiger partial charge in [0.25, 0.3) is 0 Å². The molecule has 0 aromatic carbocycles. The van der Waals surface area contributed by atoms with Gasteiger partial charge in [0.05, 0.1) is 5.92 Å². The molecule has 210 valence electrons. The first kappa shape index (κ1) is 28.7. The summed E-state index contributed by atoms with van der Waals surface area (Å²) in [5.74, 6) is 3.08. The zero-order valence-corrected chi connectivity index (χ0v) is 24.3. The Hall–Kier alpha value is -1.32. The molecule has 4 aliphatic rings. The van der Waals surface area contributed by atoms with Crippen molar-refractivity contribution in [3.63, 3.8) is 0 Å². The summed E-state index contributed by atoms with van der Waals surface area (Å²) in [4.78, 5) is 23.1. The number of hydrogen-bond acceptors (Lipinski definition) is 2. The number of carboxylic acids is 2. The summed E-state index contributed by atoms with van der Waals surface area (Å²) in [6, 6.07) is 0. The summed E-state index contributed by atoms with van der Waals surface area (Å²) in [5, 5.41) is 19.0. The predicted octanol–water partition coefficient (Wildman–Crippen LogP) is 8.60. The monoisotopic (exact) mass is 514 g/mol. The van der Waals surface area contributed by atoms with Crippen LogP contribution < -0.4 is 0 Å². The fourth-order valence-electron chi connectivity index (χ4n) is 10.1. The van der Waals surface area contributed by atoms with Crippen molar-refractivity contribution in [3.05, 3.63) is 11.6 Å². The fourth-order valence-corrected chi connectivity index (χ4v) is 10.1. The van der Waals surface area contributed by atoms with E-state index in [-0.39, 0.29) is 17.8 Å². The van der Waals surface area contributed by atoms with Gasteiger partial charge in [-0.25, -0.2) is 0 Å². The topological polar surface area (TPSA) is 74.6 Å². The average molecular weight is 515 g/mol. The third kappa shape index (κ3) is 5.69. The molecular weight excluding hydrogens is 460 g/mol. The van der Waals surface area contributed by atoms with Crippen LogP contribution in [0.25, 0.3) is 0 Å². The largest absolute Gasteiger partial charge is 0.481 e. The van der Waals surface area contributed by atoms with Gasteiger partial charge in [-0.3, -0.25) is 9.59 Å². The van der Waals surface area contributed by atoms with E-state index in [0.29, 0.717) is 18.3 Å². The highest BCUT2D eigenvalue weighted by molar-refractivity contribution is 5.71. The third-order valence-corrected chi connectivity index (χ3v) is 12.1. The van der Waals surface area contributed by atoms with Gasteiger partial charge in [0.2, 0.25) is 0 Å². The molecule has 0 aliphatic heterocycles. The Bertz CT molecular complexity index is 860. The number of hydrogen-bond donors (Lipinski definition) is 2. The van der Waals surface area contributed by atoms with Crippen LogP contribution in [0.1, 0.15) is 125 Å². The summed E-state index contributed by atoms with van der Waals surface area (Å²) >= 11 is 0. The van der Waals surface area contributed by atoms with Crippen LogP contribution in [0.15, 0.2) is 11.6 Å². The van der Waals surface area contributed by atoms with E-state index in [1.54, 1.807) is 0 Å². The number of carboxylic acid groups (broad SMARTS) is 2. The molecule has 0 aromatic rings. The van der Waals surface area contributed by atoms with Gasteiger partial charge in [0.15, 0.2) is 0 Å². The van der Waals surface area contributed by atoms with E-state index in [1.807, 2.05) is 0 Å². The lowest BCUT2D eigenvalue weighted by Crippen LogP contribution is -2.51. The number of fused-ring (bicyclic) bond motifs is 5. The molecule has 4 aliphatic carbocycles. The van der Waals surface area contributed by atoms with Crippen molar-refractivity contribution in [1.82, 2.24) is 0 Å². The van der Waals surface area contributed by atoms with E-state index in [9.17, 15) is 14.7 Å². The van der Waals surface area contributed by atoms with E-state index < -0.39 is 17.9 Å². The summed E-state index contributed by atoms with van der Waals surface area (Å²) in [7, 11) is 0. The van der Waals surface area contributed by atoms with Gasteiger partial charge < -0.3 is 10.2 Å². The third-order valence-electron chi connectivity index (χ3n) is 12.1. The van der Waals surface area contributed by atoms with Crippen LogP contribution in [-0.2, 0) is 9.59 Å². The molecule has 4 nitrogen and oxygen atoms in total. The standard InChI is InChI=1S/C33H54O4/c1-21(2)8-6-9-22(3)27-14-15-28-26-13-12-24-20-23(25(31(36)37)10-7-11-30(34)35)16-18-32(24,4)29(26)17-19-33(27,28)5/h12,21-23,25-29H,6-11,13-20H2,1-5H3,(H,34,35)(H,36,37)/t22-,23?,25?,26?,27-,28?,29?,32+,33-/m1/s1. The van der Waals surface area contributed by atoms with Gasteiger partial charge >= 0.3 is 11.9 Å². The molecule has 0 bridgehead atoms. The lowest BCUT2D eigenvalue weighted by molar-refractivity contribution is -0.145. The highest BCUT2D eigenvalue weighted by Gasteiger charge is 2.59. The average Bonchev–Trinajstić information content (AvgIpc) is 3.18. The van der Waals surface area contributed by atoms with Crippen LogP contribution in [-0.4, -0.2) is 22.2 Å². The minimum atomic E-state index is -0.829. The maximum atomic E-state index is 12.1. The zero-order valence-electron chi connectivity index (χ0n) is 24.3. The van der Waals surface area contributed by atoms with Crippen molar-refractivity contribution in [2.75, 3.05) is 0 Å². The smallest absolute Gasteiger partial charge is 0.306 e. The van der Waals surface area contributed by atoms with Crippen molar-refractivity contribution < 1.29 is 19.8 Å². The second-order valence-corrected chi connectivity index (χ2v) is 14.5. The molecule has 3 fully saturated rings. The predicted molar refractivity (Wildman–Crippen MR) is 149 cm³/mol. The van der Waals surface area contributed by atoms with Gasteiger partial charge in [-0.1, -0.05) is 65.5 Å². The van der Waals surface area contributed by atoms with E-state index in [0.717, 1.165) is 54.8 Å². The van der Waals surface area contributed by atoms with E-state index in [1.165, 1.54) is 56.9 Å². The van der Waals surface area contributed by atoms with Crippen LogP contribution >= 0.6 is 0 Å². The van der Waals surface area contributed by atoms with Crippen molar-refractivity contribution in [2.45, 2.75) is 125 Å². The molecule has 9 atom stereocenters. The molecule has 3 saturated carbocycles. The second-order valence-electron chi connectivity index (χ2n) is 14.5. The lowest BCUT2D eigenvalue weighted by atomic mass is 9.46. The highest BCUT2D eigenvalue weighted by atomic mass is 16.4. The first-order chi connectivity index (χ1) is 17.5. The Morgan fingerprint density at radius 2 is 1.70 bits per heavy atom. The van der Waals surface area contributed by atoms with Gasteiger partial charge in [0, 0.05) is 6.42 Å². The van der Waals surface area contributed by atoms with Crippen molar-refractivity contribution >= 4 is 11.9 Å². The molecule has 0 aromatic heterocycles. The molecule has 0 radical (unpaired) electrons. The Kier molecular flexibility index (Phi) is 8.86. The fraction of sp³-hybridized carbons (Fsp3) is 0.879. The van der Waals surface area contributed by atoms with E-state index >= 15 is 0 Å². The first-order valence-corrected chi connectivity index (χ1v) is 15.6. The van der Waals surface area contributed by atoms with Crippen LogP contribution in [0, 0.1) is 58.2 Å². The van der Waals surface area contributed by atoms with Gasteiger partial charge in [0.1, 0.15) is 0 Å². The first-order valence-electron chi connectivity index (χ1n) is 15.6. The molecule has 5 unspecified atom stereocenters. The Morgan fingerprint density at radius 3 is 2.38 bits per heavy atom. The maximum absolute atomic E-state index is 12.1. The number of aliphatic carboxylic acids is 2. The molecule has 0 saturated heterocycles. The molecule has 4 rings (SSSR count). The van der Waals surface area contributed by atoms with Gasteiger partial charge in [-0.15, -0.1) is 0 Å². The quantitative estimate of drug-likeness (QED) is 0.271. The van der Waals surface area contributed by atoms with E-state index in [4.69, 9.17) is 5.11 Å². The normalized spacial score (nSPS) is 38.8. The van der Waals surface area contributed by atoms with Gasteiger partial charge in [-0.05, 0) is 116 Å².